The maximum Gasteiger partial charge on any atom is 0.289 e. The first kappa shape index (κ1) is 17.0. The van der Waals surface area contributed by atoms with Crippen molar-refractivity contribution in [1.29, 1.82) is 0 Å². The van der Waals surface area contributed by atoms with Crippen LogP contribution in [-0.4, -0.2) is 34.0 Å². The van der Waals surface area contributed by atoms with Crippen LogP contribution in [0.2, 0.25) is 0 Å². The predicted octanol–water partition coefficient (Wildman–Crippen LogP) is 3.81. The second-order valence-electron chi connectivity index (χ2n) is 5.75. The maximum atomic E-state index is 12.5. The van der Waals surface area contributed by atoms with Gasteiger partial charge in [-0.3, -0.25) is 4.79 Å². The molecule has 6 heteroatoms. The van der Waals surface area contributed by atoms with E-state index in [0.29, 0.717) is 37.0 Å². The van der Waals surface area contributed by atoms with E-state index in [2.05, 4.69) is 17.1 Å². The zero-order valence-corrected chi connectivity index (χ0v) is 14.2. The lowest BCUT2D eigenvalue weighted by atomic mass is 10.2. The van der Waals surface area contributed by atoms with Crippen molar-refractivity contribution in [3.63, 3.8) is 0 Å². The monoisotopic (exact) mass is 339 g/mol. The fraction of sp³-hybridized carbons (Fsp3) is 0.316. The summed E-state index contributed by atoms with van der Waals surface area (Å²) in [6.45, 7) is 3.28. The van der Waals surface area contributed by atoms with Crippen molar-refractivity contribution in [3.8, 4) is 11.4 Å². The zero-order chi connectivity index (χ0) is 17.5. The molecule has 25 heavy (non-hydrogen) atoms. The normalized spacial score (nSPS) is 10.8. The Labute approximate surface area is 146 Å². The largest absolute Gasteiger partial charge is 0.459 e. The van der Waals surface area contributed by atoms with E-state index in [-0.39, 0.29) is 5.91 Å². The van der Waals surface area contributed by atoms with E-state index in [1.54, 1.807) is 17.0 Å². The number of furan rings is 1. The highest BCUT2D eigenvalue weighted by Gasteiger charge is 2.19. The third-order valence-corrected chi connectivity index (χ3v) is 3.90. The summed E-state index contributed by atoms with van der Waals surface area (Å²) in [6, 6.07) is 13.1. The van der Waals surface area contributed by atoms with Gasteiger partial charge in [0.15, 0.2) is 5.76 Å². The topological polar surface area (TPSA) is 72.4 Å². The van der Waals surface area contributed by atoms with Crippen molar-refractivity contribution in [1.82, 2.24) is 15.0 Å². The van der Waals surface area contributed by atoms with Crippen LogP contribution in [0.3, 0.4) is 0 Å². The third kappa shape index (κ3) is 4.35. The van der Waals surface area contributed by atoms with Crippen molar-refractivity contribution < 1.29 is 13.7 Å². The number of aromatic nitrogens is 2. The molecular weight excluding hydrogens is 318 g/mol. The molecule has 1 amide bonds. The summed E-state index contributed by atoms with van der Waals surface area (Å²) in [5.74, 6) is 1.33. The van der Waals surface area contributed by atoms with Gasteiger partial charge in [-0.15, -0.1) is 0 Å². The van der Waals surface area contributed by atoms with E-state index in [1.807, 2.05) is 30.3 Å². The van der Waals surface area contributed by atoms with Crippen molar-refractivity contribution in [2.24, 2.45) is 0 Å². The molecule has 0 N–H and O–H groups in total. The molecule has 0 unspecified atom stereocenters. The minimum Gasteiger partial charge on any atom is -0.459 e. The van der Waals surface area contributed by atoms with Gasteiger partial charge in [-0.25, -0.2) is 0 Å². The standard InChI is InChI=1S/C19H21N3O3/c1-2-3-12-22(19(23)16-10-7-14-24-16)13-11-17-20-18(21-25-17)15-8-5-4-6-9-15/h4-10,14H,2-3,11-13H2,1H3. The van der Waals surface area contributed by atoms with Crippen LogP contribution in [0.4, 0.5) is 0 Å². The van der Waals surface area contributed by atoms with Crippen LogP contribution in [0, 0.1) is 0 Å². The highest BCUT2D eigenvalue weighted by molar-refractivity contribution is 5.91. The lowest BCUT2D eigenvalue weighted by Gasteiger charge is -2.20. The fourth-order valence-electron chi connectivity index (χ4n) is 2.51. The predicted molar refractivity (Wildman–Crippen MR) is 93.0 cm³/mol. The quantitative estimate of drug-likeness (QED) is 0.624. The number of unbranched alkanes of at least 4 members (excludes halogenated alkanes) is 1. The summed E-state index contributed by atoms with van der Waals surface area (Å²) in [4.78, 5) is 18.7. The molecule has 0 aliphatic carbocycles. The molecule has 0 saturated heterocycles. The Morgan fingerprint density at radius 2 is 1.96 bits per heavy atom. The van der Waals surface area contributed by atoms with Gasteiger partial charge >= 0.3 is 0 Å². The van der Waals surface area contributed by atoms with E-state index < -0.39 is 0 Å². The van der Waals surface area contributed by atoms with Gasteiger partial charge in [0.05, 0.1) is 6.26 Å². The highest BCUT2D eigenvalue weighted by Crippen LogP contribution is 2.15. The first-order valence-corrected chi connectivity index (χ1v) is 8.48. The van der Waals surface area contributed by atoms with E-state index in [4.69, 9.17) is 8.94 Å². The highest BCUT2D eigenvalue weighted by atomic mass is 16.5. The Morgan fingerprint density at radius 3 is 2.68 bits per heavy atom. The van der Waals surface area contributed by atoms with E-state index >= 15 is 0 Å². The second-order valence-corrected chi connectivity index (χ2v) is 5.75. The van der Waals surface area contributed by atoms with Crippen LogP contribution in [0.5, 0.6) is 0 Å². The Balaban J connectivity index is 1.65. The molecule has 1 aromatic carbocycles. The number of carbonyl (C=O) groups excluding carboxylic acids is 1. The van der Waals surface area contributed by atoms with Gasteiger partial charge < -0.3 is 13.8 Å². The van der Waals surface area contributed by atoms with Crippen molar-refractivity contribution in [2.45, 2.75) is 26.2 Å². The number of rotatable bonds is 8. The first-order chi connectivity index (χ1) is 12.3. The summed E-state index contributed by atoms with van der Waals surface area (Å²) in [6.07, 6.45) is 3.97. The fourth-order valence-corrected chi connectivity index (χ4v) is 2.51. The molecule has 2 aromatic heterocycles. The van der Waals surface area contributed by atoms with Gasteiger partial charge in [-0.05, 0) is 18.6 Å². The van der Waals surface area contributed by atoms with Gasteiger partial charge in [-0.2, -0.15) is 4.98 Å². The van der Waals surface area contributed by atoms with Gasteiger partial charge in [0, 0.05) is 25.1 Å². The summed E-state index contributed by atoms with van der Waals surface area (Å²) in [5.41, 5.74) is 0.909. The number of benzene rings is 1. The summed E-state index contributed by atoms with van der Waals surface area (Å²) < 4.78 is 10.5. The Bertz CT molecular complexity index is 781. The SMILES string of the molecule is CCCCN(CCc1nc(-c2ccccc2)no1)C(=O)c1ccco1. The summed E-state index contributed by atoms with van der Waals surface area (Å²) >= 11 is 0. The molecule has 0 spiro atoms. The van der Waals surface area contributed by atoms with Crippen LogP contribution >= 0.6 is 0 Å². The molecular formula is C19H21N3O3. The number of amides is 1. The molecule has 0 bridgehead atoms. The number of hydrogen-bond donors (Lipinski definition) is 0. The lowest BCUT2D eigenvalue weighted by Crippen LogP contribution is -2.33. The van der Waals surface area contributed by atoms with Crippen LogP contribution in [0.1, 0.15) is 36.2 Å². The number of carbonyl (C=O) groups is 1. The number of nitrogens with zero attached hydrogens (tertiary/aromatic N) is 3. The van der Waals surface area contributed by atoms with Crippen molar-refractivity contribution in [3.05, 3.63) is 60.4 Å². The van der Waals surface area contributed by atoms with Crippen molar-refractivity contribution >= 4 is 5.91 Å². The summed E-state index contributed by atoms with van der Waals surface area (Å²) in [5, 5.41) is 4.01. The van der Waals surface area contributed by atoms with Crippen LogP contribution < -0.4 is 0 Å². The molecule has 130 valence electrons. The Kier molecular flexibility index (Phi) is 5.61. The smallest absolute Gasteiger partial charge is 0.289 e. The second kappa shape index (κ2) is 8.28. The van der Waals surface area contributed by atoms with Crippen LogP contribution in [0.15, 0.2) is 57.7 Å². The number of hydrogen-bond acceptors (Lipinski definition) is 5. The van der Waals surface area contributed by atoms with Crippen LogP contribution in [0.25, 0.3) is 11.4 Å². The molecule has 3 rings (SSSR count). The molecule has 0 atom stereocenters. The summed E-state index contributed by atoms with van der Waals surface area (Å²) in [7, 11) is 0. The maximum absolute atomic E-state index is 12.5. The average Bonchev–Trinajstić information content (AvgIpc) is 3.34. The van der Waals surface area contributed by atoms with Gasteiger partial charge in [0.2, 0.25) is 11.7 Å². The molecule has 0 radical (unpaired) electrons. The molecule has 6 nitrogen and oxygen atoms in total. The minimum absolute atomic E-state index is 0.110. The molecule has 0 aliphatic rings. The average molecular weight is 339 g/mol. The van der Waals surface area contributed by atoms with E-state index in [9.17, 15) is 4.79 Å². The third-order valence-electron chi connectivity index (χ3n) is 3.90. The Hall–Kier alpha value is -2.89. The zero-order valence-electron chi connectivity index (χ0n) is 14.2. The molecule has 0 fully saturated rings. The molecule has 0 aliphatic heterocycles. The van der Waals surface area contributed by atoms with Gasteiger partial charge in [-0.1, -0.05) is 48.8 Å². The van der Waals surface area contributed by atoms with Gasteiger partial charge in [0.1, 0.15) is 0 Å². The Morgan fingerprint density at radius 1 is 1.12 bits per heavy atom. The van der Waals surface area contributed by atoms with E-state index in [1.165, 1.54) is 6.26 Å². The van der Waals surface area contributed by atoms with E-state index in [0.717, 1.165) is 18.4 Å². The first-order valence-electron chi connectivity index (χ1n) is 8.48. The van der Waals surface area contributed by atoms with Gasteiger partial charge in [0.25, 0.3) is 5.91 Å². The molecule has 3 aromatic rings. The molecule has 2 heterocycles. The van der Waals surface area contributed by atoms with Crippen molar-refractivity contribution in [2.75, 3.05) is 13.1 Å². The lowest BCUT2D eigenvalue weighted by molar-refractivity contribution is 0.0720. The van der Waals surface area contributed by atoms with Crippen LogP contribution in [-0.2, 0) is 6.42 Å². The minimum atomic E-state index is -0.110. The molecule has 0 saturated carbocycles.